The molecule has 0 saturated carbocycles. The Bertz CT molecular complexity index is 136. The Balaban J connectivity index is 0. The van der Waals surface area contributed by atoms with Crippen molar-refractivity contribution in [2.24, 2.45) is 0 Å². The number of hydrogen-bond acceptors (Lipinski definition) is 0. The van der Waals surface area contributed by atoms with Gasteiger partial charge in [-0.15, -0.1) is 0 Å². The summed E-state index contributed by atoms with van der Waals surface area (Å²) >= 11 is 0. The quantitative estimate of drug-likeness (QED) is 0.557. The molecule has 0 fully saturated rings. The van der Waals surface area contributed by atoms with Gasteiger partial charge in [-0.05, 0) is 13.8 Å². The maximum Gasteiger partial charge on any atom is 0.431 e. The average Bonchev–Trinajstić information content (AvgIpc) is 1.83. The highest BCUT2D eigenvalue weighted by Crippen LogP contribution is 2.45. The first-order valence-corrected chi connectivity index (χ1v) is 3.30. The van der Waals surface area contributed by atoms with E-state index in [1.165, 1.54) is 6.92 Å². The molecule has 0 rings (SSSR count). The summed E-state index contributed by atoms with van der Waals surface area (Å²) in [4.78, 5) is 0. The normalized spacial score (nSPS) is 13.3. The van der Waals surface area contributed by atoms with Crippen LogP contribution in [-0.2, 0) is 0 Å². The van der Waals surface area contributed by atoms with Crippen LogP contribution in [0.2, 0.25) is 0 Å². The molecule has 0 N–H and O–H groups in total. The molecule has 0 spiro atoms. The summed E-state index contributed by atoms with van der Waals surface area (Å²) in [6, 6.07) is 0. The summed E-state index contributed by atoms with van der Waals surface area (Å²) in [7, 11) is 0. The fraction of sp³-hybridized carbons (Fsp3) is 1.00. The van der Waals surface area contributed by atoms with E-state index < -0.39 is 24.9 Å². The minimum atomic E-state index is -5.91. The first kappa shape index (κ1) is 15.9. The van der Waals surface area contributed by atoms with Crippen molar-refractivity contribution in [1.82, 2.24) is 0 Å². The monoisotopic (exact) mass is 232 g/mol. The van der Waals surface area contributed by atoms with E-state index in [2.05, 4.69) is 0 Å². The Morgan fingerprint density at radius 2 is 0.929 bits per heavy atom. The van der Waals surface area contributed by atoms with Gasteiger partial charge in [-0.3, -0.25) is 4.39 Å². The predicted octanol–water partition coefficient (Wildman–Crippen LogP) is 3.82. The van der Waals surface area contributed by atoms with Crippen molar-refractivity contribution in [3.05, 3.63) is 0 Å². The molecule has 0 heterocycles. The molecule has 0 aromatic heterocycles. The number of hydrogen-bond donors (Lipinski definition) is 0. The summed E-state index contributed by atoms with van der Waals surface area (Å²) in [5, 5.41) is 0. The summed E-state index contributed by atoms with van der Waals surface area (Å²) < 4.78 is 89.6. The van der Waals surface area contributed by atoms with E-state index in [4.69, 9.17) is 0 Å². The van der Waals surface area contributed by atoms with E-state index in [0.717, 1.165) is 0 Å². The standard InChI is InChI=1S/C4H3F7.C2H5F/c1-2(5,3(6,7)8)4(9,10)11;1-2-3/h1H3;2H2,1H3. The second-order valence-corrected chi connectivity index (χ2v) is 2.27. The van der Waals surface area contributed by atoms with Gasteiger partial charge in [-0.1, -0.05) is 0 Å². The Morgan fingerprint density at radius 1 is 0.786 bits per heavy atom. The van der Waals surface area contributed by atoms with E-state index in [-0.39, 0.29) is 6.67 Å². The molecule has 0 radical (unpaired) electrons. The molecule has 0 aromatic rings. The van der Waals surface area contributed by atoms with Crippen molar-refractivity contribution >= 4 is 0 Å². The summed E-state index contributed by atoms with van der Waals surface area (Å²) in [6.45, 7) is 0.646. The van der Waals surface area contributed by atoms with Crippen molar-refractivity contribution in [1.29, 1.82) is 0 Å². The lowest BCUT2D eigenvalue weighted by molar-refractivity contribution is -0.334. The Labute approximate surface area is 74.9 Å². The molecule has 0 nitrogen and oxygen atoms in total. The van der Waals surface area contributed by atoms with Gasteiger partial charge in [0, 0.05) is 0 Å². The molecule has 14 heavy (non-hydrogen) atoms. The second kappa shape index (κ2) is 4.79. The Kier molecular flexibility index (Phi) is 5.44. The summed E-state index contributed by atoms with van der Waals surface area (Å²) in [5.41, 5.74) is -5.12. The fourth-order valence-corrected chi connectivity index (χ4v) is 0.161. The number of halogens is 8. The van der Waals surface area contributed by atoms with Crippen LogP contribution in [-0.4, -0.2) is 24.7 Å². The topological polar surface area (TPSA) is 0 Å². The maximum atomic E-state index is 11.9. The zero-order valence-electron chi connectivity index (χ0n) is 7.23. The van der Waals surface area contributed by atoms with Crippen LogP contribution in [0.1, 0.15) is 13.8 Å². The van der Waals surface area contributed by atoms with Crippen LogP contribution < -0.4 is 0 Å². The van der Waals surface area contributed by atoms with Crippen LogP contribution in [0.15, 0.2) is 0 Å². The van der Waals surface area contributed by atoms with Gasteiger partial charge in [0.2, 0.25) is 0 Å². The molecule has 8 heteroatoms. The van der Waals surface area contributed by atoms with Crippen LogP contribution in [0, 0.1) is 0 Å². The van der Waals surface area contributed by atoms with Gasteiger partial charge in [0.25, 0.3) is 5.67 Å². The van der Waals surface area contributed by atoms with E-state index in [9.17, 15) is 35.1 Å². The minimum Gasteiger partial charge on any atom is -0.251 e. The predicted molar refractivity (Wildman–Crippen MR) is 33.3 cm³/mol. The highest BCUT2D eigenvalue weighted by molar-refractivity contribution is 4.89. The van der Waals surface area contributed by atoms with E-state index >= 15 is 0 Å². The largest absolute Gasteiger partial charge is 0.431 e. The number of alkyl halides is 8. The molecule has 0 aliphatic heterocycles. The van der Waals surface area contributed by atoms with Gasteiger partial charge in [-0.25, -0.2) is 4.39 Å². The molecule has 0 aromatic carbocycles. The molecular weight excluding hydrogens is 224 g/mol. The summed E-state index contributed by atoms with van der Waals surface area (Å²) in [6.07, 6.45) is -11.8. The molecule has 0 amide bonds. The van der Waals surface area contributed by atoms with Gasteiger partial charge < -0.3 is 0 Å². The van der Waals surface area contributed by atoms with Crippen LogP contribution >= 0.6 is 0 Å². The van der Waals surface area contributed by atoms with Crippen molar-refractivity contribution in [3.8, 4) is 0 Å². The van der Waals surface area contributed by atoms with Gasteiger partial charge in [0.05, 0.1) is 6.67 Å². The lowest BCUT2D eigenvalue weighted by Gasteiger charge is -2.25. The SMILES string of the molecule is CC(F)(C(F)(F)F)C(F)(F)F.CCF. The lowest BCUT2D eigenvalue weighted by Crippen LogP contribution is -2.50. The van der Waals surface area contributed by atoms with Gasteiger partial charge in [0.1, 0.15) is 0 Å². The molecule has 0 bridgehead atoms. The van der Waals surface area contributed by atoms with E-state index in [1.54, 1.807) is 0 Å². The molecule has 0 aliphatic rings. The van der Waals surface area contributed by atoms with Gasteiger partial charge in [0.15, 0.2) is 0 Å². The summed E-state index contributed by atoms with van der Waals surface area (Å²) in [5.74, 6) is 0. The molecular formula is C6H8F8. The van der Waals surface area contributed by atoms with E-state index in [1.807, 2.05) is 0 Å². The third kappa shape index (κ3) is 4.10. The average molecular weight is 232 g/mol. The zero-order valence-corrected chi connectivity index (χ0v) is 7.23. The number of rotatable bonds is 0. The highest BCUT2D eigenvalue weighted by atomic mass is 19.4. The van der Waals surface area contributed by atoms with Crippen molar-refractivity contribution < 1.29 is 35.1 Å². The molecule has 0 saturated heterocycles. The Hall–Kier alpha value is -0.560. The first-order valence-electron chi connectivity index (χ1n) is 3.30. The smallest absolute Gasteiger partial charge is 0.251 e. The first-order chi connectivity index (χ1) is 5.91. The van der Waals surface area contributed by atoms with Crippen molar-refractivity contribution in [3.63, 3.8) is 0 Å². The maximum absolute atomic E-state index is 11.9. The second-order valence-electron chi connectivity index (χ2n) is 2.27. The molecule has 0 aliphatic carbocycles. The Morgan fingerprint density at radius 3 is 0.929 bits per heavy atom. The molecule has 0 unspecified atom stereocenters. The van der Waals surface area contributed by atoms with E-state index in [0.29, 0.717) is 0 Å². The highest BCUT2D eigenvalue weighted by Gasteiger charge is 2.69. The minimum absolute atomic E-state index is 0.250. The fourth-order valence-electron chi connectivity index (χ4n) is 0.161. The van der Waals surface area contributed by atoms with Gasteiger partial charge >= 0.3 is 12.4 Å². The van der Waals surface area contributed by atoms with Crippen LogP contribution in [0.4, 0.5) is 35.1 Å². The van der Waals surface area contributed by atoms with Gasteiger partial charge in [-0.2, -0.15) is 26.3 Å². The lowest BCUT2D eigenvalue weighted by atomic mass is 10.1. The zero-order chi connectivity index (χ0) is 12.2. The van der Waals surface area contributed by atoms with Crippen LogP contribution in [0.5, 0.6) is 0 Å². The third-order valence-electron chi connectivity index (χ3n) is 1.06. The van der Waals surface area contributed by atoms with Crippen molar-refractivity contribution in [2.75, 3.05) is 6.67 Å². The van der Waals surface area contributed by atoms with Crippen LogP contribution in [0.3, 0.4) is 0 Å². The van der Waals surface area contributed by atoms with Crippen molar-refractivity contribution in [2.45, 2.75) is 31.9 Å². The molecule has 88 valence electrons. The van der Waals surface area contributed by atoms with Crippen LogP contribution in [0.25, 0.3) is 0 Å². The third-order valence-corrected chi connectivity index (χ3v) is 1.06. The molecule has 0 atom stereocenters.